The van der Waals surface area contributed by atoms with Crippen molar-refractivity contribution >= 4 is 39.3 Å². The van der Waals surface area contributed by atoms with Gasteiger partial charge in [0.25, 0.3) is 5.56 Å². The number of hydrogen-bond donors (Lipinski definition) is 1. The molecule has 1 amide bonds. The monoisotopic (exact) mass is 429 g/mol. The predicted molar refractivity (Wildman–Crippen MR) is 108 cm³/mol. The van der Waals surface area contributed by atoms with Crippen molar-refractivity contribution in [3.63, 3.8) is 0 Å². The Bertz CT molecular complexity index is 1000. The van der Waals surface area contributed by atoms with Crippen LogP contribution in [0.15, 0.2) is 74.8 Å². The number of carbonyl (C=O) groups excluding carboxylic acids is 1. The molecule has 0 radical (unpaired) electrons. The van der Waals surface area contributed by atoms with E-state index in [9.17, 15) is 9.59 Å². The Morgan fingerprint density at radius 1 is 1.15 bits per heavy atom. The first-order valence-corrected chi connectivity index (χ1v) is 9.85. The molecule has 0 unspecified atom stereocenters. The minimum atomic E-state index is -0.322. The lowest BCUT2D eigenvalue weighted by molar-refractivity contribution is -0.117. The third-order valence-electron chi connectivity index (χ3n) is 3.63. The fraction of sp³-hybridized carbons (Fsp3) is 0.105. The summed E-state index contributed by atoms with van der Waals surface area (Å²) in [6.45, 7) is -0.149. The highest BCUT2D eigenvalue weighted by Crippen LogP contribution is 2.20. The maximum Gasteiger partial charge on any atom is 0.267 e. The maximum absolute atomic E-state index is 12.3. The molecule has 1 heterocycles. The Kier molecular flexibility index (Phi) is 5.90. The topological polar surface area (TPSA) is 64.0 Å². The lowest BCUT2D eigenvalue weighted by Gasteiger charge is -2.09. The van der Waals surface area contributed by atoms with E-state index in [4.69, 9.17) is 0 Å². The van der Waals surface area contributed by atoms with Crippen LogP contribution in [0.1, 0.15) is 0 Å². The van der Waals surface area contributed by atoms with E-state index in [1.165, 1.54) is 10.7 Å². The molecule has 2 aromatic carbocycles. The molecule has 0 atom stereocenters. The summed E-state index contributed by atoms with van der Waals surface area (Å²) in [5.74, 6) is -0.302. The second kappa shape index (κ2) is 8.33. The second-order valence-electron chi connectivity index (χ2n) is 5.50. The van der Waals surface area contributed by atoms with Crippen LogP contribution in [-0.2, 0) is 11.3 Å². The van der Waals surface area contributed by atoms with Crippen LogP contribution in [0.2, 0.25) is 0 Å². The SMILES string of the molecule is CSc1cccc(NC(=O)Cn2nc(-c3cccc(Br)c3)ccc2=O)c1. The molecule has 1 N–H and O–H groups in total. The third-order valence-corrected chi connectivity index (χ3v) is 4.85. The summed E-state index contributed by atoms with van der Waals surface area (Å²) in [5.41, 5.74) is 1.86. The van der Waals surface area contributed by atoms with Crippen molar-refractivity contribution in [2.24, 2.45) is 0 Å². The Labute approximate surface area is 163 Å². The van der Waals surface area contributed by atoms with E-state index in [0.717, 1.165) is 14.9 Å². The molecule has 5 nitrogen and oxygen atoms in total. The Hall–Kier alpha value is -2.38. The molecule has 3 aromatic rings. The summed E-state index contributed by atoms with van der Waals surface area (Å²) in [6, 6.07) is 18.2. The van der Waals surface area contributed by atoms with Gasteiger partial charge in [0.1, 0.15) is 6.54 Å². The molecule has 0 bridgehead atoms. The van der Waals surface area contributed by atoms with Crippen LogP contribution in [0, 0.1) is 0 Å². The molecule has 7 heteroatoms. The number of thioether (sulfide) groups is 1. The van der Waals surface area contributed by atoms with E-state index in [1.807, 2.05) is 54.8 Å². The van der Waals surface area contributed by atoms with Crippen LogP contribution < -0.4 is 10.9 Å². The number of nitrogens with one attached hydrogen (secondary N) is 1. The molecule has 0 aliphatic rings. The fourth-order valence-electron chi connectivity index (χ4n) is 2.40. The van der Waals surface area contributed by atoms with Gasteiger partial charge < -0.3 is 5.32 Å². The van der Waals surface area contributed by atoms with Gasteiger partial charge in [-0.2, -0.15) is 5.10 Å². The van der Waals surface area contributed by atoms with Gasteiger partial charge in [-0.05, 0) is 42.7 Å². The first-order chi connectivity index (χ1) is 12.5. The average molecular weight is 430 g/mol. The minimum Gasteiger partial charge on any atom is -0.324 e. The molecule has 132 valence electrons. The van der Waals surface area contributed by atoms with E-state index in [-0.39, 0.29) is 18.0 Å². The lowest BCUT2D eigenvalue weighted by atomic mass is 10.1. The van der Waals surface area contributed by atoms with Crippen LogP contribution in [-0.4, -0.2) is 21.9 Å². The average Bonchev–Trinajstić information content (AvgIpc) is 2.63. The van der Waals surface area contributed by atoms with E-state index < -0.39 is 0 Å². The smallest absolute Gasteiger partial charge is 0.267 e. The highest BCUT2D eigenvalue weighted by atomic mass is 79.9. The molecule has 0 fully saturated rings. The molecule has 0 spiro atoms. The Balaban J connectivity index is 1.79. The molecular weight excluding hydrogens is 414 g/mol. The number of halogens is 1. The van der Waals surface area contributed by atoms with Gasteiger partial charge in [0.15, 0.2) is 0 Å². The summed E-state index contributed by atoms with van der Waals surface area (Å²) < 4.78 is 2.09. The minimum absolute atomic E-state index is 0.149. The quantitative estimate of drug-likeness (QED) is 0.621. The first-order valence-electron chi connectivity index (χ1n) is 7.83. The Morgan fingerprint density at radius 2 is 1.96 bits per heavy atom. The van der Waals surface area contributed by atoms with Crippen molar-refractivity contribution in [3.05, 3.63) is 75.5 Å². The van der Waals surface area contributed by atoms with E-state index in [0.29, 0.717) is 11.4 Å². The van der Waals surface area contributed by atoms with Gasteiger partial charge in [-0.3, -0.25) is 9.59 Å². The number of nitrogens with zero attached hydrogens (tertiary/aromatic N) is 2. The molecular formula is C19H16BrN3O2S. The number of benzene rings is 2. The normalized spacial score (nSPS) is 10.5. The number of aromatic nitrogens is 2. The predicted octanol–water partition coefficient (Wildman–Crippen LogP) is 4.03. The summed E-state index contributed by atoms with van der Waals surface area (Å²) >= 11 is 5.01. The van der Waals surface area contributed by atoms with Crippen molar-refractivity contribution in [1.29, 1.82) is 0 Å². The van der Waals surface area contributed by atoms with Gasteiger partial charge in [0.05, 0.1) is 5.69 Å². The Morgan fingerprint density at radius 3 is 2.73 bits per heavy atom. The summed E-state index contributed by atoms with van der Waals surface area (Å²) in [5, 5.41) is 7.12. The maximum atomic E-state index is 12.3. The van der Waals surface area contributed by atoms with Gasteiger partial charge >= 0.3 is 0 Å². The number of amides is 1. The van der Waals surface area contributed by atoms with Gasteiger partial charge in [-0.1, -0.05) is 34.1 Å². The van der Waals surface area contributed by atoms with E-state index in [2.05, 4.69) is 26.3 Å². The van der Waals surface area contributed by atoms with Crippen molar-refractivity contribution in [1.82, 2.24) is 9.78 Å². The van der Waals surface area contributed by atoms with Crippen LogP contribution in [0.3, 0.4) is 0 Å². The molecule has 3 rings (SSSR count). The summed E-state index contributed by atoms with van der Waals surface area (Å²) in [7, 11) is 0. The van der Waals surface area contributed by atoms with Crippen LogP contribution in [0.5, 0.6) is 0 Å². The number of rotatable bonds is 5. The number of hydrogen-bond acceptors (Lipinski definition) is 4. The lowest BCUT2D eigenvalue weighted by Crippen LogP contribution is -2.29. The highest BCUT2D eigenvalue weighted by molar-refractivity contribution is 9.10. The second-order valence-corrected chi connectivity index (χ2v) is 7.30. The molecule has 0 aliphatic carbocycles. The zero-order valence-electron chi connectivity index (χ0n) is 14.0. The van der Waals surface area contributed by atoms with Crippen LogP contribution in [0.4, 0.5) is 5.69 Å². The number of carbonyl (C=O) groups is 1. The number of anilines is 1. The van der Waals surface area contributed by atoms with Crippen molar-refractivity contribution in [3.8, 4) is 11.3 Å². The van der Waals surface area contributed by atoms with E-state index in [1.54, 1.807) is 17.8 Å². The van der Waals surface area contributed by atoms with Crippen LogP contribution >= 0.6 is 27.7 Å². The third kappa shape index (κ3) is 4.62. The molecule has 26 heavy (non-hydrogen) atoms. The van der Waals surface area contributed by atoms with Crippen molar-refractivity contribution < 1.29 is 4.79 Å². The van der Waals surface area contributed by atoms with Crippen molar-refractivity contribution in [2.45, 2.75) is 11.4 Å². The van der Waals surface area contributed by atoms with Gasteiger partial charge in [-0.15, -0.1) is 11.8 Å². The van der Waals surface area contributed by atoms with Crippen molar-refractivity contribution in [2.75, 3.05) is 11.6 Å². The molecule has 0 aliphatic heterocycles. The summed E-state index contributed by atoms with van der Waals surface area (Å²) in [6.07, 6.45) is 1.97. The largest absolute Gasteiger partial charge is 0.324 e. The van der Waals surface area contributed by atoms with E-state index >= 15 is 0 Å². The zero-order valence-corrected chi connectivity index (χ0v) is 16.4. The zero-order chi connectivity index (χ0) is 18.5. The summed E-state index contributed by atoms with van der Waals surface area (Å²) in [4.78, 5) is 25.4. The van der Waals surface area contributed by atoms with Crippen LogP contribution in [0.25, 0.3) is 11.3 Å². The molecule has 0 saturated carbocycles. The van der Waals surface area contributed by atoms with Gasteiger partial charge in [-0.25, -0.2) is 4.68 Å². The molecule has 1 aromatic heterocycles. The highest BCUT2D eigenvalue weighted by Gasteiger charge is 2.09. The first kappa shape index (κ1) is 18.4. The molecule has 0 saturated heterocycles. The standard InChI is InChI=1S/C19H16BrN3O2S/c1-26-16-7-3-6-15(11-16)21-18(24)12-23-19(25)9-8-17(22-23)13-4-2-5-14(20)10-13/h2-11H,12H2,1H3,(H,21,24). The fourth-order valence-corrected chi connectivity index (χ4v) is 3.26. The van der Waals surface area contributed by atoms with Gasteiger partial charge in [0.2, 0.25) is 5.91 Å². The van der Waals surface area contributed by atoms with Gasteiger partial charge in [0, 0.05) is 26.7 Å².